The molecule has 3 N–H and O–H groups in total. The van der Waals surface area contributed by atoms with Crippen molar-refractivity contribution in [2.75, 3.05) is 6.54 Å². The van der Waals surface area contributed by atoms with Crippen LogP contribution in [0.3, 0.4) is 0 Å². The highest BCUT2D eigenvalue weighted by molar-refractivity contribution is 5.62. The lowest BCUT2D eigenvalue weighted by atomic mass is 9.90. The van der Waals surface area contributed by atoms with Crippen LogP contribution >= 0.6 is 0 Å². The zero-order valence-electron chi connectivity index (χ0n) is 15.5. The molecule has 0 amide bonds. The first kappa shape index (κ1) is 17.6. The minimum atomic E-state index is -1.27. The fourth-order valence-electron chi connectivity index (χ4n) is 3.76. The van der Waals surface area contributed by atoms with Crippen LogP contribution in [0.2, 0.25) is 0 Å². The van der Waals surface area contributed by atoms with Gasteiger partial charge in [0.15, 0.2) is 5.82 Å². The van der Waals surface area contributed by atoms with Crippen molar-refractivity contribution in [1.29, 1.82) is 0 Å². The summed E-state index contributed by atoms with van der Waals surface area (Å²) in [5.41, 5.74) is 8.21. The van der Waals surface area contributed by atoms with Crippen LogP contribution in [-0.2, 0) is 5.60 Å². The van der Waals surface area contributed by atoms with Crippen molar-refractivity contribution in [1.82, 2.24) is 4.98 Å². The molecule has 1 aromatic heterocycles. The van der Waals surface area contributed by atoms with Crippen molar-refractivity contribution < 1.29 is 9.50 Å². The largest absolute Gasteiger partial charge is 0.386 e. The molecule has 2 aliphatic carbocycles. The van der Waals surface area contributed by atoms with Gasteiger partial charge >= 0.3 is 0 Å². The first-order valence-electron chi connectivity index (χ1n) is 9.62. The second kappa shape index (κ2) is 6.43. The standard InChI is InChI=1S/C22H27FN2O/c1-22(2,26)18-11-19(17(12-24)15-7-8-15)25-21(20(18)23)16-9-5-14(6-10-16)13-3-4-13/h5-6,9-11,13,15,17,26H,3-4,7-8,12,24H2,1-2H3. The van der Waals surface area contributed by atoms with E-state index in [2.05, 4.69) is 17.1 Å². The van der Waals surface area contributed by atoms with Gasteiger partial charge in [0.25, 0.3) is 0 Å². The number of nitrogens with zero attached hydrogens (tertiary/aromatic N) is 1. The Morgan fingerprint density at radius 3 is 2.35 bits per heavy atom. The van der Waals surface area contributed by atoms with Crippen molar-refractivity contribution in [2.45, 2.75) is 57.0 Å². The zero-order valence-corrected chi connectivity index (χ0v) is 15.5. The fraction of sp³-hybridized carbons (Fsp3) is 0.500. The highest BCUT2D eigenvalue weighted by atomic mass is 19.1. The summed E-state index contributed by atoms with van der Waals surface area (Å²) in [6.45, 7) is 3.72. The minimum absolute atomic E-state index is 0.126. The monoisotopic (exact) mass is 354 g/mol. The minimum Gasteiger partial charge on any atom is -0.386 e. The van der Waals surface area contributed by atoms with E-state index < -0.39 is 11.4 Å². The first-order chi connectivity index (χ1) is 12.4. The fourth-order valence-corrected chi connectivity index (χ4v) is 3.76. The van der Waals surface area contributed by atoms with E-state index in [0.29, 0.717) is 29.6 Å². The van der Waals surface area contributed by atoms with Gasteiger partial charge < -0.3 is 10.8 Å². The highest BCUT2D eigenvalue weighted by Crippen LogP contribution is 2.44. The summed E-state index contributed by atoms with van der Waals surface area (Å²) in [7, 11) is 0. The Morgan fingerprint density at radius 2 is 1.85 bits per heavy atom. The van der Waals surface area contributed by atoms with Gasteiger partial charge in [0.2, 0.25) is 0 Å². The zero-order chi connectivity index (χ0) is 18.5. The molecule has 0 bridgehead atoms. The van der Waals surface area contributed by atoms with Crippen LogP contribution in [0, 0.1) is 11.7 Å². The lowest BCUT2D eigenvalue weighted by molar-refractivity contribution is 0.0743. The third kappa shape index (κ3) is 3.40. The van der Waals surface area contributed by atoms with Crippen LogP contribution < -0.4 is 5.73 Å². The van der Waals surface area contributed by atoms with Gasteiger partial charge in [0.1, 0.15) is 5.69 Å². The molecule has 1 heterocycles. The Labute approximate surface area is 154 Å². The van der Waals surface area contributed by atoms with E-state index in [9.17, 15) is 5.11 Å². The number of nitrogens with two attached hydrogens (primary N) is 1. The molecule has 2 aliphatic rings. The number of halogens is 1. The topological polar surface area (TPSA) is 59.1 Å². The van der Waals surface area contributed by atoms with Crippen LogP contribution in [0.25, 0.3) is 11.3 Å². The highest BCUT2D eigenvalue weighted by Gasteiger charge is 2.34. The van der Waals surface area contributed by atoms with Gasteiger partial charge in [-0.25, -0.2) is 9.37 Å². The van der Waals surface area contributed by atoms with E-state index in [0.717, 1.165) is 24.1 Å². The van der Waals surface area contributed by atoms with E-state index in [-0.39, 0.29) is 5.92 Å². The molecule has 4 rings (SSSR count). The predicted octanol–water partition coefficient (Wildman–Crippen LogP) is 4.44. The van der Waals surface area contributed by atoms with Crippen molar-refractivity contribution >= 4 is 0 Å². The van der Waals surface area contributed by atoms with E-state index in [1.54, 1.807) is 19.9 Å². The molecule has 0 aliphatic heterocycles. The Morgan fingerprint density at radius 1 is 1.19 bits per heavy atom. The van der Waals surface area contributed by atoms with Gasteiger partial charge in [-0.05, 0) is 63.0 Å². The molecule has 138 valence electrons. The van der Waals surface area contributed by atoms with Crippen LogP contribution in [0.1, 0.15) is 68.2 Å². The number of aromatic nitrogens is 1. The van der Waals surface area contributed by atoms with Gasteiger partial charge in [-0.3, -0.25) is 0 Å². The van der Waals surface area contributed by atoms with E-state index in [4.69, 9.17) is 5.73 Å². The van der Waals surface area contributed by atoms with Crippen LogP contribution in [0.4, 0.5) is 4.39 Å². The Balaban J connectivity index is 1.81. The van der Waals surface area contributed by atoms with E-state index in [1.165, 1.54) is 18.4 Å². The summed E-state index contributed by atoms with van der Waals surface area (Å²) in [5, 5.41) is 10.5. The van der Waals surface area contributed by atoms with Crippen LogP contribution in [-0.4, -0.2) is 16.6 Å². The SMILES string of the molecule is CC(C)(O)c1cc(C(CN)C2CC2)nc(-c2ccc(C3CC3)cc2)c1F. The lowest BCUT2D eigenvalue weighted by Crippen LogP contribution is -2.22. The molecule has 1 unspecified atom stereocenters. The maximum Gasteiger partial charge on any atom is 0.155 e. The van der Waals surface area contributed by atoms with Crippen molar-refractivity contribution in [3.8, 4) is 11.3 Å². The Bertz CT molecular complexity index is 802. The van der Waals surface area contributed by atoms with Crippen molar-refractivity contribution in [3.05, 3.63) is 53.0 Å². The smallest absolute Gasteiger partial charge is 0.155 e. The third-order valence-electron chi connectivity index (χ3n) is 5.69. The molecular formula is C22H27FN2O. The molecule has 2 fully saturated rings. The molecule has 2 saturated carbocycles. The maximum atomic E-state index is 15.2. The summed E-state index contributed by atoms with van der Waals surface area (Å²) >= 11 is 0. The average Bonchev–Trinajstić information content (AvgIpc) is 3.48. The molecule has 1 aromatic carbocycles. The number of hydrogen-bond donors (Lipinski definition) is 2. The van der Waals surface area contributed by atoms with Gasteiger partial charge in [-0.1, -0.05) is 24.3 Å². The predicted molar refractivity (Wildman–Crippen MR) is 101 cm³/mol. The molecule has 0 saturated heterocycles. The number of aliphatic hydroxyl groups is 1. The molecule has 0 spiro atoms. The van der Waals surface area contributed by atoms with Crippen LogP contribution in [0.15, 0.2) is 30.3 Å². The molecule has 1 atom stereocenters. The van der Waals surface area contributed by atoms with Gasteiger partial charge in [-0.15, -0.1) is 0 Å². The average molecular weight is 354 g/mol. The van der Waals surface area contributed by atoms with Crippen LogP contribution in [0.5, 0.6) is 0 Å². The number of benzene rings is 1. The van der Waals surface area contributed by atoms with E-state index in [1.807, 2.05) is 12.1 Å². The molecule has 2 aromatic rings. The van der Waals surface area contributed by atoms with E-state index >= 15 is 4.39 Å². The summed E-state index contributed by atoms with van der Waals surface area (Å²) < 4.78 is 15.2. The molecule has 0 radical (unpaired) electrons. The van der Waals surface area contributed by atoms with Gasteiger partial charge in [0.05, 0.1) is 5.60 Å². The quantitative estimate of drug-likeness (QED) is 0.806. The molecular weight excluding hydrogens is 327 g/mol. The first-order valence-corrected chi connectivity index (χ1v) is 9.62. The normalized spacial score (nSPS) is 18.8. The molecule has 26 heavy (non-hydrogen) atoms. The number of pyridine rings is 1. The second-order valence-corrected chi connectivity index (χ2v) is 8.39. The maximum absolute atomic E-state index is 15.2. The Kier molecular flexibility index (Phi) is 4.36. The van der Waals surface area contributed by atoms with Gasteiger partial charge in [0, 0.05) is 29.3 Å². The number of rotatable bonds is 6. The summed E-state index contributed by atoms with van der Waals surface area (Å²) in [6, 6.07) is 9.77. The van der Waals surface area contributed by atoms with Crippen molar-refractivity contribution in [3.63, 3.8) is 0 Å². The second-order valence-electron chi connectivity index (χ2n) is 8.39. The summed E-state index contributed by atoms with van der Waals surface area (Å²) in [4.78, 5) is 4.67. The van der Waals surface area contributed by atoms with Gasteiger partial charge in [-0.2, -0.15) is 0 Å². The summed E-state index contributed by atoms with van der Waals surface area (Å²) in [6.07, 6.45) is 4.77. The van der Waals surface area contributed by atoms with Crippen molar-refractivity contribution in [2.24, 2.45) is 11.7 Å². The number of hydrogen-bond acceptors (Lipinski definition) is 3. The third-order valence-corrected chi connectivity index (χ3v) is 5.69. The molecule has 3 nitrogen and oxygen atoms in total. The Hall–Kier alpha value is -1.78. The lowest BCUT2D eigenvalue weighted by Gasteiger charge is -2.23. The summed E-state index contributed by atoms with van der Waals surface area (Å²) in [5.74, 6) is 0.877. The molecule has 4 heteroatoms.